The minimum atomic E-state index is -0.449. The Morgan fingerprint density at radius 3 is 2.78 bits per heavy atom. The zero-order valence-corrected chi connectivity index (χ0v) is 13.7. The molecule has 4 nitrogen and oxygen atoms in total. The minimum absolute atomic E-state index is 0.131. The van der Waals surface area contributed by atoms with E-state index in [0.717, 1.165) is 16.6 Å². The molecule has 0 aliphatic heterocycles. The average molecular weight is 372 g/mol. The summed E-state index contributed by atoms with van der Waals surface area (Å²) in [5.41, 5.74) is 2.38. The zero-order chi connectivity index (χ0) is 16.0. The van der Waals surface area contributed by atoms with E-state index in [0.29, 0.717) is 16.0 Å². The summed E-state index contributed by atoms with van der Waals surface area (Å²) < 4.78 is 22.2. The van der Waals surface area contributed by atoms with Gasteiger partial charge in [0.2, 0.25) is 5.88 Å². The van der Waals surface area contributed by atoms with Crippen molar-refractivity contribution in [3.8, 4) is 11.6 Å². The molecule has 0 radical (unpaired) electrons. The third kappa shape index (κ3) is 2.45. The highest BCUT2D eigenvalue weighted by atomic mass is 79.9. The Bertz CT molecular complexity index is 1040. The molecule has 4 aromatic rings. The van der Waals surface area contributed by atoms with Gasteiger partial charge < -0.3 is 4.74 Å². The molecule has 0 N–H and O–H groups in total. The van der Waals surface area contributed by atoms with Crippen LogP contribution in [0.3, 0.4) is 0 Å². The van der Waals surface area contributed by atoms with Gasteiger partial charge in [0, 0.05) is 10.5 Å². The lowest BCUT2D eigenvalue weighted by molar-refractivity contribution is 0.432. The largest absolute Gasteiger partial charge is 0.435 e. The molecule has 4 rings (SSSR count). The van der Waals surface area contributed by atoms with E-state index in [4.69, 9.17) is 4.74 Å². The van der Waals surface area contributed by atoms with Crippen LogP contribution in [0.4, 0.5) is 4.39 Å². The number of nitrogens with zero attached hydrogens (tertiary/aromatic N) is 3. The molecule has 0 aliphatic carbocycles. The van der Waals surface area contributed by atoms with Gasteiger partial charge in [-0.15, -0.1) is 0 Å². The Morgan fingerprint density at radius 2 is 1.96 bits per heavy atom. The highest BCUT2D eigenvalue weighted by molar-refractivity contribution is 9.10. The van der Waals surface area contributed by atoms with Crippen LogP contribution in [0.1, 0.15) is 5.69 Å². The number of hydrogen-bond acceptors (Lipinski definition) is 3. The van der Waals surface area contributed by atoms with Crippen molar-refractivity contribution in [2.45, 2.75) is 6.92 Å². The fraction of sp³-hybridized carbons (Fsp3) is 0.0588. The first-order valence-electron chi connectivity index (χ1n) is 7.00. The van der Waals surface area contributed by atoms with Gasteiger partial charge in [-0.25, -0.2) is 8.91 Å². The van der Waals surface area contributed by atoms with Crippen molar-refractivity contribution >= 4 is 32.5 Å². The number of rotatable bonds is 2. The molecule has 2 aromatic heterocycles. The van der Waals surface area contributed by atoms with E-state index < -0.39 is 5.82 Å². The zero-order valence-electron chi connectivity index (χ0n) is 12.1. The normalized spacial score (nSPS) is 11.3. The Balaban J connectivity index is 1.94. The first kappa shape index (κ1) is 14.1. The number of ether oxygens (including phenoxy) is 1. The van der Waals surface area contributed by atoms with Crippen LogP contribution in [0, 0.1) is 12.7 Å². The monoisotopic (exact) mass is 371 g/mol. The maximum Gasteiger partial charge on any atom is 0.230 e. The Hall–Kier alpha value is -2.47. The first-order chi connectivity index (χ1) is 11.1. The van der Waals surface area contributed by atoms with Crippen LogP contribution in [-0.2, 0) is 0 Å². The van der Waals surface area contributed by atoms with Crippen LogP contribution in [-0.4, -0.2) is 14.6 Å². The quantitative estimate of drug-likeness (QED) is 0.503. The topological polar surface area (TPSA) is 39.4 Å². The predicted octanol–water partition coefficient (Wildman–Crippen LogP) is 4.88. The summed E-state index contributed by atoms with van der Waals surface area (Å²) in [6.45, 7) is 1.90. The van der Waals surface area contributed by atoms with Crippen LogP contribution >= 0.6 is 15.9 Å². The van der Waals surface area contributed by atoms with E-state index in [-0.39, 0.29) is 5.75 Å². The van der Waals surface area contributed by atoms with Crippen molar-refractivity contribution in [2.24, 2.45) is 0 Å². The number of aryl methyl sites for hydroxylation is 1. The molecule has 0 unspecified atom stereocenters. The number of hydrogen-bond donors (Lipinski definition) is 0. The molecule has 0 atom stereocenters. The third-order valence-electron chi connectivity index (χ3n) is 3.49. The van der Waals surface area contributed by atoms with Gasteiger partial charge in [0.25, 0.3) is 0 Å². The van der Waals surface area contributed by atoms with E-state index >= 15 is 0 Å². The third-order valence-corrected chi connectivity index (χ3v) is 3.99. The van der Waals surface area contributed by atoms with E-state index in [1.54, 1.807) is 16.6 Å². The Labute approximate surface area is 139 Å². The average Bonchev–Trinajstić information content (AvgIpc) is 2.90. The van der Waals surface area contributed by atoms with Crippen LogP contribution in [0.2, 0.25) is 0 Å². The maximum atomic E-state index is 14.1. The second kappa shape index (κ2) is 5.31. The van der Waals surface area contributed by atoms with Gasteiger partial charge >= 0.3 is 0 Å². The second-order valence-electron chi connectivity index (χ2n) is 5.17. The molecule has 0 saturated heterocycles. The summed E-state index contributed by atoms with van der Waals surface area (Å²) in [5, 5.41) is 5.21. The van der Waals surface area contributed by atoms with Gasteiger partial charge in [-0.2, -0.15) is 10.1 Å². The molecule has 2 heterocycles. The van der Waals surface area contributed by atoms with Gasteiger partial charge in [0.05, 0.1) is 16.6 Å². The lowest BCUT2D eigenvalue weighted by Gasteiger charge is -2.10. The molecule has 0 spiro atoms. The molecule has 23 heavy (non-hydrogen) atoms. The van der Waals surface area contributed by atoms with Gasteiger partial charge in [0.1, 0.15) is 0 Å². The molecular weight excluding hydrogens is 361 g/mol. The Kier molecular flexibility index (Phi) is 3.27. The number of halogens is 2. The van der Waals surface area contributed by atoms with Crippen molar-refractivity contribution < 1.29 is 9.13 Å². The molecule has 0 aliphatic rings. The van der Waals surface area contributed by atoms with Crippen molar-refractivity contribution in [2.75, 3.05) is 0 Å². The predicted molar refractivity (Wildman–Crippen MR) is 89.4 cm³/mol. The summed E-state index contributed by atoms with van der Waals surface area (Å²) >= 11 is 3.23. The van der Waals surface area contributed by atoms with Crippen molar-refractivity contribution in [3.63, 3.8) is 0 Å². The molecule has 2 aromatic carbocycles. The molecule has 0 fully saturated rings. The smallest absolute Gasteiger partial charge is 0.230 e. The minimum Gasteiger partial charge on any atom is -0.435 e. The first-order valence-corrected chi connectivity index (χ1v) is 7.79. The van der Waals surface area contributed by atoms with E-state index in [2.05, 4.69) is 26.0 Å². The van der Waals surface area contributed by atoms with Crippen LogP contribution in [0.5, 0.6) is 11.6 Å². The fourth-order valence-corrected chi connectivity index (χ4v) is 2.82. The van der Waals surface area contributed by atoms with E-state index in [1.807, 2.05) is 37.3 Å². The molecule has 0 saturated carbocycles. The Morgan fingerprint density at radius 1 is 1.13 bits per heavy atom. The van der Waals surface area contributed by atoms with Gasteiger partial charge in [-0.1, -0.05) is 28.1 Å². The van der Waals surface area contributed by atoms with Crippen LogP contribution in [0.15, 0.2) is 53.0 Å². The van der Waals surface area contributed by atoms with Crippen LogP contribution < -0.4 is 4.74 Å². The molecule has 0 bridgehead atoms. The van der Waals surface area contributed by atoms with Crippen molar-refractivity contribution in [1.29, 1.82) is 0 Å². The summed E-state index contributed by atoms with van der Waals surface area (Å²) in [7, 11) is 0. The summed E-state index contributed by atoms with van der Waals surface area (Å²) in [6.07, 6.45) is 0. The van der Waals surface area contributed by atoms with E-state index in [9.17, 15) is 4.39 Å². The van der Waals surface area contributed by atoms with Gasteiger partial charge in [-0.05, 0) is 37.3 Å². The number of fused-ring (bicyclic) bond motifs is 3. The maximum absolute atomic E-state index is 14.1. The SMILES string of the molecule is Cc1cc2nc(Oc3ccc(Br)cc3F)c3ccccc3n2n1. The summed E-state index contributed by atoms with van der Waals surface area (Å²) in [5.74, 6) is 0.0375. The molecule has 6 heteroatoms. The highest BCUT2D eigenvalue weighted by Gasteiger charge is 2.13. The van der Waals surface area contributed by atoms with Gasteiger partial charge in [0.15, 0.2) is 17.2 Å². The summed E-state index contributed by atoms with van der Waals surface area (Å²) in [6, 6.07) is 14.1. The fourth-order valence-electron chi connectivity index (χ4n) is 2.49. The van der Waals surface area contributed by atoms with E-state index in [1.165, 1.54) is 6.07 Å². The van der Waals surface area contributed by atoms with Crippen LogP contribution in [0.25, 0.3) is 16.6 Å². The molecule has 114 valence electrons. The van der Waals surface area contributed by atoms with Crippen molar-refractivity contribution in [1.82, 2.24) is 14.6 Å². The molecule has 0 amide bonds. The lowest BCUT2D eigenvalue weighted by atomic mass is 10.2. The number of benzene rings is 2. The molecular formula is C17H11BrFN3O. The number of para-hydroxylation sites is 1. The summed E-state index contributed by atoms with van der Waals surface area (Å²) in [4.78, 5) is 4.48. The lowest BCUT2D eigenvalue weighted by Crippen LogP contribution is -1.98. The highest BCUT2D eigenvalue weighted by Crippen LogP contribution is 2.31. The number of aromatic nitrogens is 3. The van der Waals surface area contributed by atoms with Crippen molar-refractivity contribution in [3.05, 3.63) is 64.5 Å². The van der Waals surface area contributed by atoms with Gasteiger partial charge in [-0.3, -0.25) is 0 Å². The second-order valence-corrected chi connectivity index (χ2v) is 6.08. The standard InChI is InChI=1S/C17H11BrFN3O/c1-10-8-16-20-17(23-15-7-6-11(18)9-13(15)19)12-4-2-3-5-14(12)22(16)21-10/h2-9H,1H3.